The Hall–Kier alpha value is 0.310. The molecule has 1 saturated carbocycles. The molecule has 0 aromatic heterocycles. The van der Waals surface area contributed by atoms with E-state index in [2.05, 4.69) is 30.9 Å². The summed E-state index contributed by atoms with van der Waals surface area (Å²) in [6.07, 6.45) is 4.14. The van der Waals surface area contributed by atoms with Gasteiger partial charge in [-0.1, -0.05) is 13.8 Å². The molecule has 0 aromatic carbocycles. The zero-order chi connectivity index (χ0) is 8.60. The van der Waals surface area contributed by atoms with Crippen LogP contribution >= 0.6 is 11.8 Å². The van der Waals surface area contributed by atoms with Crippen LogP contribution in [0, 0.1) is 5.41 Å². The molecule has 0 aromatic rings. The number of thioether (sulfide) groups is 1. The van der Waals surface area contributed by atoms with Crippen LogP contribution in [0.5, 0.6) is 0 Å². The molecular weight excluding hydrogens is 166 g/mol. The fourth-order valence-electron chi connectivity index (χ4n) is 2.01. The van der Waals surface area contributed by atoms with Crippen molar-refractivity contribution in [1.29, 1.82) is 0 Å². The van der Waals surface area contributed by atoms with Gasteiger partial charge in [0, 0.05) is 17.8 Å². The summed E-state index contributed by atoms with van der Waals surface area (Å²) in [5, 5.41) is 3.77. The first-order valence-corrected chi connectivity index (χ1v) is 6.24. The van der Waals surface area contributed by atoms with Crippen LogP contribution in [0.25, 0.3) is 0 Å². The van der Waals surface area contributed by atoms with Gasteiger partial charge in [-0.15, -0.1) is 0 Å². The van der Waals surface area contributed by atoms with Gasteiger partial charge in [-0.05, 0) is 30.4 Å². The molecule has 12 heavy (non-hydrogen) atoms. The maximum absolute atomic E-state index is 3.77. The highest BCUT2D eigenvalue weighted by Gasteiger charge is 2.48. The summed E-state index contributed by atoms with van der Waals surface area (Å²) in [6, 6.07) is 1.67. The van der Waals surface area contributed by atoms with Gasteiger partial charge >= 0.3 is 0 Å². The molecule has 0 bridgehead atoms. The van der Waals surface area contributed by atoms with Crippen molar-refractivity contribution in [3.8, 4) is 0 Å². The SMILES string of the molecule is CCC1(C)CC1NC1CCSC1. The van der Waals surface area contributed by atoms with Crippen molar-refractivity contribution in [2.75, 3.05) is 11.5 Å². The van der Waals surface area contributed by atoms with Gasteiger partial charge in [0.25, 0.3) is 0 Å². The van der Waals surface area contributed by atoms with E-state index in [1.54, 1.807) is 0 Å². The van der Waals surface area contributed by atoms with Gasteiger partial charge in [-0.2, -0.15) is 11.8 Å². The predicted molar refractivity (Wildman–Crippen MR) is 55.7 cm³/mol. The number of hydrogen-bond acceptors (Lipinski definition) is 2. The van der Waals surface area contributed by atoms with Crippen LogP contribution in [0.4, 0.5) is 0 Å². The van der Waals surface area contributed by atoms with Gasteiger partial charge in [-0.25, -0.2) is 0 Å². The standard InChI is InChI=1S/C10H19NS/c1-3-10(2)6-9(10)11-8-4-5-12-7-8/h8-9,11H,3-7H2,1-2H3. The number of hydrogen-bond donors (Lipinski definition) is 1. The smallest absolute Gasteiger partial charge is 0.0168 e. The van der Waals surface area contributed by atoms with Gasteiger partial charge in [0.05, 0.1) is 0 Å². The topological polar surface area (TPSA) is 12.0 Å². The van der Waals surface area contributed by atoms with Crippen LogP contribution in [-0.2, 0) is 0 Å². The minimum absolute atomic E-state index is 0.646. The Morgan fingerprint density at radius 3 is 2.92 bits per heavy atom. The maximum Gasteiger partial charge on any atom is 0.0168 e. The number of nitrogens with one attached hydrogen (secondary N) is 1. The lowest BCUT2D eigenvalue weighted by Crippen LogP contribution is -2.33. The molecule has 2 heteroatoms. The highest BCUT2D eigenvalue weighted by molar-refractivity contribution is 7.99. The molecule has 1 heterocycles. The lowest BCUT2D eigenvalue weighted by atomic mass is 10.1. The third-order valence-corrected chi connectivity index (χ3v) is 4.69. The molecule has 1 aliphatic heterocycles. The summed E-state index contributed by atoms with van der Waals surface area (Å²) in [4.78, 5) is 0. The van der Waals surface area contributed by atoms with Gasteiger partial charge in [0.1, 0.15) is 0 Å². The van der Waals surface area contributed by atoms with E-state index in [0.29, 0.717) is 5.41 Å². The molecule has 0 amide bonds. The zero-order valence-electron chi connectivity index (χ0n) is 8.10. The van der Waals surface area contributed by atoms with Gasteiger partial charge in [0.2, 0.25) is 0 Å². The quantitative estimate of drug-likeness (QED) is 0.724. The van der Waals surface area contributed by atoms with E-state index in [0.717, 1.165) is 12.1 Å². The molecular formula is C10H19NS. The second kappa shape index (κ2) is 3.22. The van der Waals surface area contributed by atoms with Crippen molar-refractivity contribution in [3.05, 3.63) is 0 Å². The fraction of sp³-hybridized carbons (Fsp3) is 1.00. The van der Waals surface area contributed by atoms with E-state index in [-0.39, 0.29) is 0 Å². The molecule has 3 atom stereocenters. The van der Waals surface area contributed by atoms with E-state index in [4.69, 9.17) is 0 Å². The summed E-state index contributed by atoms with van der Waals surface area (Å²) >= 11 is 2.10. The highest BCUT2D eigenvalue weighted by Crippen LogP contribution is 2.48. The maximum atomic E-state index is 3.77. The molecule has 0 spiro atoms. The van der Waals surface area contributed by atoms with E-state index in [9.17, 15) is 0 Å². The van der Waals surface area contributed by atoms with Crippen molar-refractivity contribution in [2.24, 2.45) is 5.41 Å². The van der Waals surface area contributed by atoms with Crippen LogP contribution in [0.1, 0.15) is 33.1 Å². The Balaban J connectivity index is 1.75. The summed E-state index contributed by atoms with van der Waals surface area (Å²) in [5.74, 6) is 2.71. The molecule has 1 saturated heterocycles. The average molecular weight is 185 g/mol. The van der Waals surface area contributed by atoms with Gasteiger partial charge < -0.3 is 5.32 Å². The van der Waals surface area contributed by atoms with E-state index >= 15 is 0 Å². The molecule has 2 fully saturated rings. The molecule has 1 aliphatic carbocycles. The Kier molecular flexibility index (Phi) is 2.39. The molecule has 1 nitrogen and oxygen atoms in total. The number of rotatable bonds is 3. The van der Waals surface area contributed by atoms with E-state index < -0.39 is 0 Å². The van der Waals surface area contributed by atoms with Gasteiger partial charge in [-0.3, -0.25) is 0 Å². The van der Waals surface area contributed by atoms with E-state index in [1.165, 1.54) is 30.8 Å². The Labute approximate surface area is 79.7 Å². The minimum Gasteiger partial charge on any atom is -0.310 e. The monoisotopic (exact) mass is 185 g/mol. The Morgan fingerprint density at radius 2 is 2.42 bits per heavy atom. The average Bonchev–Trinajstić information content (AvgIpc) is 2.52. The third kappa shape index (κ3) is 1.64. The lowest BCUT2D eigenvalue weighted by molar-refractivity contribution is 0.448. The van der Waals surface area contributed by atoms with E-state index in [1.807, 2.05) is 0 Å². The summed E-state index contributed by atoms with van der Waals surface area (Å²) in [6.45, 7) is 4.72. The van der Waals surface area contributed by atoms with Crippen molar-refractivity contribution >= 4 is 11.8 Å². The minimum atomic E-state index is 0.646. The zero-order valence-corrected chi connectivity index (χ0v) is 8.91. The summed E-state index contributed by atoms with van der Waals surface area (Å²) in [5.41, 5.74) is 0.646. The van der Waals surface area contributed by atoms with Crippen molar-refractivity contribution < 1.29 is 0 Å². The Morgan fingerprint density at radius 1 is 1.58 bits per heavy atom. The second-order valence-electron chi connectivity index (χ2n) is 4.49. The molecule has 2 aliphatic rings. The van der Waals surface area contributed by atoms with Crippen LogP contribution in [0.3, 0.4) is 0 Å². The molecule has 1 N–H and O–H groups in total. The summed E-state index contributed by atoms with van der Waals surface area (Å²) < 4.78 is 0. The highest BCUT2D eigenvalue weighted by atomic mass is 32.2. The lowest BCUT2D eigenvalue weighted by Gasteiger charge is -2.13. The van der Waals surface area contributed by atoms with Crippen LogP contribution < -0.4 is 5.32 Å². The molecule has 2 rings (SSSR count). The van der Waals surface area contributed by atoms with Crippen molar-refractivity contribution in [2.45, 2.75) is 45.2 Å². The Bertz CT molecular complexity index is 165. The van der Waals surface area contributed by atoms with Crippen LogP contribution in [0.2, 0.25) is 0 Å². The third-order valence-electron chi connectivity index (χ3n) is 3.53. The molecule has 3 unspecified atom stereocenters. The van der Waals surface area contributed by atoms with Crippen molar-refractivity contribution in [1.82, 2.24) is 5.32 Å². The van der Waals surface area contributed by atoms with Gasteiger partial charge in [0.15, 0.2) is 0 Å². The largest absolute Gasteiger partial charge is 0.310 e. The molecule has 0 radical (unpaired) electrons. The first-order chi connectivity index (χ1) is 5.74. The van der Waals surface area contributed by atoms with Crippen molar-refractivity contribution in [3.63, 3.8) is 0 Å². The normalized spacial score (nSPS) is 46.5. The summed E-state index contributed by atoms with van der Waals surface area (Å²) in [7, 11) is 0. The fourth-order valence-corrected chi connectivity index (χ4v) is 3.17. The van der Waals surface area contributed by atoms with Crippen LogP contribution in [0.15, 0.2) is 0 Å². The second-order valence-corrected chi connectivity index (χ2v) is 5.64. The molecule has 70 valence electrons. The van der Waals surface area contributed by atoms with Crippen LogP contribution in [-0.4, -0.2) is 23.6 Å². The first-order valence-electron chi connectivity index (χ1n) is 5.08. The predicted octanol–water partition coefficient (Wildman–Crippen LogP) is 2.27. The first kappa shape index (κ1) is 8.89.